The first kappa shape index (κ1) is 14.2. The molecule has 1 aliphatic rings. The van der Waals surface area contributed by atoms with Crippen LogP contribution in [0.2, 0.25) is 0 Å². The van der Waals surface area contributed by atoms with Crippen LogP contribution in [0.25, 0.3) is 0 Å². The first-order chi connectivity index (χ1) is 10.2. The minimum Gasteiger partial charge on any atom is -0.390 e. The molecule has 0 N–H and O–H groups in total. The number of aryl methyl sites for hydroxylation is 1. The van der Waals surface area contributed by atoms with Crippen molar-refractivity contribution in [2.75, 3.05) is 13.6 Å². The Morgan fingerprint density at radius 3 is 2.86 bits per heavy atom. The van der Waals surface area contributed by atoms with Gasteiger partial charge in [0.25, 0.3) is 0 Å². The first-order valence-electron chi connectivity index (χ1n) is 6.97. The first-order valence-corrected chi connectivity index (χ1v) is 7.74. The Kier molecular flexibility index (Phi) is 4.26. The Labute approximate surface area is 128 Å². The van der Waals surface area contributed by atoms with Crippen molar-refractivity contribution in [2.24, 2.45) is 5.16 Å². The molecule has 3 rings (SSSR count). The van der Waals surface area contributed by atoms with Crippen molar-refractivity contribution >= 4 is 17.2 Å². The van der Waals surface area contributed by atoms with Crippen LogP contribution < -0.4 is 0 Å². The minimum absolute atomic E-state index is 0.117. The van der Waals surface area contributed by atoms with Gasteiger partial charge in [-0.2, -0.15) is 0 Å². The fourth-order valence-corrected chi connectivity index (χ4v) is 3.09. The lowest BCUT2D eigenvalue weighted by Gasteiger charge is -2.18. The molecule has 0 unspecified atom stereocenters. The van der Waals surface area contributed by atoms with E-state index in [-0.39, 0.29) is 6.10 Å². The lowest BCUT2D eigenvalue weighted by Crippen LogP contribution is -2.29. The molecule has 1 aromatic heterocycles. The number of aromatic nitrogens is 2. The molecule has 1 aromatic carbocycles. The molecule has 1 aliphatic heterocycles. The lowest BCUT2D eigenvalue weighted by atomic mass is 10.1. The van der Waals surface area contributed by atoms with Crippen LogP contribution >= 0.6 is 11.5 Å². The maximum atomic E-state index is 5.56. The molecule has 0 saturated carbocycles. The van der Waals surface area contributed by atoms with E-state index >= 15 is 0 Å². The molecule has 0 bridgehead atoms. The van der Waals surface area contributed by atoms with E-state index in [1.54, 1.807) is 0 Å². The fourth-order valence-electron chi connectivity index (χ4n) is 2.38. The summed E-state index contributed by atoms with van der Waals surface area (Å²) in [7, 11) is 2.09. The van der Waals surface area contributed by atoms with Gasteiger partial charge in [0, 0.05) is 19.5 Å². The highest BCUT2D eigenvalue weighted by Crippen LogP contribution is 2.18. The van der Waals surface area contributed by atoms with E-state index in [2.05, 4.69) is 38.8 Å². The van der Waals surface area contributed by atoms with Crippen molar-refractivity contribution in [3.05, 3.63) is 46.5 Å². The SMILES string of the molecule is Cc1nnsc1CN(C)C[C@@H]1CC(c2ccccc2)=NO1. The Morgan fingerprint density at radius 2 is 2.14 bits per heavy atom. The highest BCUT2D eigenvalue weighted by atomic mass is 32.1. The van der Waals surface area contributed by atoms with Crippen LogP contribution in [0.4, 0.5) is 0 Å². The smallest absolute Gasteiger partial charge is 0.145 e. The van der Waals surface area contributed by atoms with Gasteiger partial charge >= 0.3 is 0 Å². The van der Waals surface area contributed by atoms with Crippen LogP contribution in [-0.2, 0) is 11.4 Å². The zero-order chi connectivity index (χ0) is 14.7. The number of benzene rings is 1. The van der Waals surface area contributed by atoms with Crippen LogP contribution in [0.1, 0.15) is 22.6 Å². The van der Waals surface area contributed by atoms with Crippen LogP contribution in [-0.4, -0.2) is 39.9 Å². The Balaban J connectivity index is 1.53. The van der Waals surface area contributed by atoms with Crippen LogP contribution in [0.15, 0.2) is 35.5 Å². The molecule has 0 saturated heterocycles. The van der Waals surface area contributed by atoms with Gasteiger partial charge < -0.3 is 4.84 Å². The fraction of sp³-hybridized carbons (Fsp3) is 0.400. The van der Waals surface area contributed by atoms with E-state index < -0.39 is 0 Å². The average Bonchev–Trinajstić information content (AvgIpc) is 3.10. The molecular formula is C15H18N4OS. The molecule has 21 heavy (non-hydrogen) atoms. The summed E-state index contributed by atoms with van der Waals surface area (Å²) in [5.41, 5.74) is 3.19. The molecule has 0 fully saturated rings. The monoisotopic (exact) mass is 302 g/mol. The molecular weight excluding hydrogens is 284 g/mol. The van der Waals surface area contributed by atoms with Gasteiger partial charge in [-0.15, -0.1) is 5.10 Å². The second-order valence-electron chi connectivity index (χ2n) is 5.31. The maximum absolute atomic E-state index is 5.56. The van der Waals surface area contributed by atoms with E-state index in [9.17, 15) is 0 Å². The molecule has 2 heterocycles. The topological polar surface area (TPSA) is 50.6 Å². The summed E-state index contributed by atoms with van der Waals surface area (Å²) in [6.45, 7) is 3.69. The number of rotatable bonds is 5. The molecule has 1 atom stereocenters. The van der Waals surface area contributed by atoms with Crippen molar-refractivity contribution in [3.8, 4) is 0 Å². The van der Waals surface area contributed by atoms with Gasteiger partial charge in [0.05, 0.1) is 16.3 Å². The number of oxime groups is 1. The number of hydrogen-bond donors (Lipinski definition) is 0. The number of likely N-dealkylation sites (N-methyl/N-ethyl adjacent to an activating group) is 1. The highest BCUT2D eigenvalue weighted by Gasteiger charge is 2.23. The van der Waals surface area contributed by atoms with Crippen LogP contribution in [0.3, 0.4) is 0 Å². The van der Waals surface area contributed by atoms with E-state index in [0.29, 0.717) is 0 Å². The Morgan fingerprint density at radius 1 is 1.33 bits per heavy atom. The predicted octanol–water partition coefficient (Wildman–Crippen LogP) is 2.47. The third kappa shape index (κ3) is 3.46. The Hall–Kier alpha value is -1.79. The quantitative estimate of drug-likeness (QED) is 0.851. The van der Waals surface area contributed by atoms with Crippen LogP contribution in [0, 0.1) is 6.92 Å². The molecule has 110 valence electrons. The van der Waals surface area contributed by atoms with Crippen molar-refractivity contribution in [1.82, 2.24) is 14.5 Å². The van der Waals surface area contributed by atoms with Crippen molar-refractivity contribution < 1.29 is 4.84 Å². The summed E-state index contributed by atoms with van der Waals surface area (Å²) in [4.78, 5) is 9.00. The van der Waals surface area contributed by atoms with E-state index in [0.717, 1.165) is 36.5 Å². The van der Waals surface area contributed by atoms with Crippen LogP contribution in [0.5, 0.6) is 0 Å². The second-order valence-corrected chi connectivity index (χ2v) is 6.15. The van der Waals surface area contributed by atoms with Gasteiger partial charge in [-0.1, -0.05) is 40.0 Å². The van der Waals surface area contributed by atoms with Crippen molar-refractivity contribution in [3.63, 3.8) is 0 Å². The summed E-state index contributed by atoms with van der Waals surface area (Å²) in [6.07, 6.45) is 0.972. The second kappa shape index (κ2) is 6.32. The van der Waals surface area contributed by atoms with E-state index in [1.165, 1.54) is 16.4 Å². The Bertz CT molecular complexity index is 626. The number of hydrogen-bond acceptors (Lipinski definition) is 6. The van der Waals surface area contributed by atoms with Gasteiger partial charge in [0.1, 0.15) is 6.10 Å². The summed E-state index contributed by atoms with van der Waals surface area (Å²) in [5, 5.41) is 8.26. The van der Waals surface area contributed by atoms with Gasteiger partial charge in [-0.05, 0) is 31.1 Å². The predicted molar refractivity (Wildman–Crippen MR) is 83.4 cm³/mol. The maximum Gasteiger partial charge on any atom is 0.145 e. The summed E-state index contributed by atoms with van der Waals surface area (Å²) >= 11 is 1.46. The van der Waals surface area contributed by atoms with E-state index in [1.807, 2.05) is 25.1 Å². The summed E-state index contributed by atoms with van der Waals surface area (Å²) in [5.74, 6) is 0. The van der Waals surface area contributed by atoms with Gasteiger partial charge in [-0.25, -0.2) is 0 Å². The van der Waals surface area contributed by atoms with E-state index in [4.69, 9.17) is 4.84 Å². The third-order valence-corrected chi connectivity index (χ3v) is 4.32. The van der Waals surface area contributed by atoms with Crippen molar-refractivity contribution in [2.45, 2.75) is 26.0 Å². The molecule has 5 nitrogen and oxygen atoms in total. The summed E-state index contributed by atoms with van der Waals surface area (Å²) in [6, 6.07) is 10.2. The standard InChI is InChI=1S/C15H18N4OS/c1-11-15(21-18-16-11)10-19(2)9-13-8-14(17-20-13)12-6-4-3-5-7-12/h3-7,13H,8-10H2,1-2H3/t13-/m0/s1. The molecule has 0 aliphatic carbocycles. The van der Waals surface area contributed by atoms with Gasteiger partial charge in [-0.3, -0.25) is 4.90 Å². The van der Waals surface area contributed by atoms with Gasteiger partial charge in [0.15, 0.2) is 0 Å². The molecule has 0 spiro atoms. The molecule has 6 heteroatoms. The highest BCUT2D eigenvalue weighted by molar-refractivity contribution is 7.05. The molecule has 0 radical (unpaired) electrons. The zero-order valence-corrected chi connectivity index (χ0v) is 13.0. The molecule has 0 amide bonds. The molecule has 2 aromatic rings. The lowest BCUT2D eigenvalue weighted by molar-refractivity contribution is 0.0578. The zero-order valence-electron chi connectivity index (χ0n) is 12.2. The van der Waals surface area contributed by atoms with Gasteiger partial charge in [0.2, 0.25) is 0 Å². The third-order valence-electron chi connectivity index (χ3n) is 3.51. The average molecular weight is 302 g/mol. The minimum atomic E-state index is 0.117. The summed E-state index contributed by atoms with van der Waals surface area (Å²) < 4.78 is 3.97. The number of nitrogens with zero attached hydrogens (tertiary/aromatic N) is 4. The largest absolute Gasteiger partial charge is 0.390 e. The normalized spacial score (nSPS) is 17.9. The van der Waals surface area contributed by atoms with Crippen molar-refractivity contribution in [1.29, 1.82) is 0 Å².